The summed E-state index contributed by atoms with van der Waals surface area (Å²) in [4.78, 5) is 18.2. The zero-order valence-electron chi connectivity index (χ0n) is 10.3. The van der Waals surface area contributed by atoms with Gasteiger partial charge in [-0.1, -0.05) is 25.7 Å². The van der Waals surface area contributed by atoms with E-state index in [-0.39, 0.29) is 6.42 Å². The van der Waals surface area contributed by atoms with Crippen LogP contribution in [-0.4, -0.2) is 21.0 Å². The molecule has 1 heterocycles. The molecule has 0 atom stereocenters. The molecule has 94 valence electrons. The summed E-state index contributed by atoms with van der Waals surface area (Å²) in [7, 11) is 0. The van der Waals surface area contributed by atoms with Crippen molar-refractivity contribution < 1.29 is 9.90 Å². The van der Waals surface area contributed by atoms with Crippen LogP contribution in [0, 0.1) is 6.92 Å². The number of aryl methyl sites for hydroxylation is 1. The third-order valence-corrected chi connectivity index (χ3v) is 3.53. The number of carbonyl (C=O) groups is 1. The molecule has 1 fully saturated rings. The lowest BCUT2D eigenvalue weighted by Crippen LogP contribution is -2.03. The Hall–Kier alpha value is -1.32. The van der Waals surface area contributed by atoms with Gasteiger partial charge in [0, 0.05) is 11.6 Å². The Morgan fingerprint density at radius 3 is 2.59 bits per heavy atom. The highest BCUT2D eigenvalue weighted by molar-refractivity contribution is 5.69. The zero-order valence-corrected chi connectivity index (χ0v) is 10.3. The third-order valence-electron chi connectivity index (χ3n) is 3.53. The number of aromatic nitrogens is 2. The van der Waals surface area contributed by atoms with Crippen LogP contribution < -0.4 is 0 Å². The van der Waals surface area contributed by atoms with E-state index in [1.165, 1.54) is 38.5 Å². The van der Waals surface area contributed by atoms with Crippen molar-refractivity contribution in [2.24, 2.45) is 0 Å². The molecule has 0 bridgehead atoms. The number of aromatic amines is 1. The van der Waals surface area contributed by atoms with E-state index in [0.717, 1.165) is 11.4 Å². The van der Waals surface area contributed by atoms with E-state index in [0.29, 0.717) is 11.7 Å². The fourth-order valence-corrected chi connectivity index (χ4v) is 2.71. The molecule has 1 saturated carbocycles. The molecule has 1 aromatic rings. The number of nitrogens with one attached hydrogen (secondary N) is 1. The summed E-state index contributed by atoms with van der Waals surface area (Å²) in [5, 5.41) is 8.76. The first-order valence-corrected chi connectivity index (χ1v) is 6.44. The van der Waals surface area contributed by atoms with Crippen molar-refractivity contribution in [1.29, 1.82) is 0 Å². The van der Waals surface area contributed by atoms with Crippen molar-refractivity contribution in [3.63, 3.8) is 0 Å². The van der Waals surface area contributed by atoms with Gasteiger partial charge in [-0.05, 0) is 19.8 Å². The fraction of sp³-hybridized carbons (Fsp3) is 0.692. The fourth-order valence-electron chi connectivity index (χ4n) is 2.71. The molecule has 0 aliphatic heterocycles. The van der Waals surface area contributed by atoms with Gasteiger partial charge >= 0.3 is 5.97 Å². The molecule has 1 aliphatic carbocycles. The summed E-state index contributed by atoms with van der Waals surface area (Å²) in [5.41, 5.74) is 2.15. The predicted octanol–water partition coefficient (Wildman–Crippen LogP) is 2.78. The number of nitrogens with zero attached hydrogens (tertiary/aromatic N) is 1. The first kappa shape index (κ1) is 12.1. The van der Waals surface area contributed by atoms with Crippen LogP contribution in [0.4, 0.5) is 0 Å². The number of hydrogen-bond acceptors (Lipinski definition) is 2. The summed E-state index contributed by atoms with van der Waals surface area (Å²) in [6, 6.07) is 0. The van der Waals surface area contributed by atoms with Gasteiger partial charge in [-0.15, -0.1) is 0 Å². The van der Waals surface area contributed by atoms with Crippen LogP contribution in [0.5, 0.6) is 0 Å². The molecule has 2 rings (SSSR count). The lowest BCUT2D eigenvalue weighted by molar-refractivity contribution is -0.136. The summed E-state index contributed by atoms with van der Waals surface area (Å²) >= 11 is 0. The number of hydrogen-bond donors (Lipinski definition) is 2. The maximum absolute atomic E-state index is 10.7. The number of carboxylic acids is 1. The van der Waals surface area contributed by atoms with Crippen LogP contribution in [0.15, 0.2) is 0 Å². The average Bonchev–Trinajstić information content (AvgIpc) is 2.52. The van der Waals surface area contributed by atoms with E-state index in [1.807, 2.05) is 6.92 Å². The molecular weight excluding hydrogens is 216 g/mol. The molecular formula is C13H20N2O2. The highest BCUT2D eigenvalue weighted by Gasteiger charge is 2.20. The minimum Gasteiger partial charge on any atom is -0.481 e. The molecule has 0 spiro atoms. The minimum atomic E-state index is -0.828. The second-order valence-electron chi connectivity index (χ2n) is 4.95. The Balaban J connectivity index is 2.13. The van der Waals surface area contributed by atoms with Crippen molar-refractivity contribution in [1.82, 2.24) is 9.97 Å². The molecule has 0 unspecified atom stereocenters. The van der Waals surface area contributed by atoms with Gasteiger partial charge in [0.05, 0.1) is 5.69 Å². The predicted molar refractivity (Wildman–Crippen MR) is 65.1 cm³/mol. The number of aliphatic carboxylic acids is 1. The monoisotopic (exact) mass is 236 g/mol. The lowest BCUT2D eigenvalue weighted by atomic mass is 9.95. The molecule has 2 N–H and O–H groups in total. The Bertz CT molecular complexity index is 390. The molecule has 0 amide bonds. The number of H-pyrrole nitrogens is 1. The van der Waals surface area contributed by atoms with Crippen LogP contribution >= 0.6 is 0 Å². The van der Waals surface area contributed by atoms with Gasteiger partial charge in [-0.25, -0.2) is 4.98 Å². The Kier molecular flexibility index (Phi) is 3.82. The molecule has 0 aromatic carbocycles. The number of rotatable bonds is 3. The largest absolute Gasteiger partial charge is 0.481 e. The van der Waals surface area contributed by atoms with E-state index < -0.39 is 5.97 Å². The van der Waals surface area contributed by atoms with Gasteiger partial charge in [-0.3, -0.25) is 4.79 Å². The first-order chi connectivity index (χ1) is 8.16. The highest BCUT2D eigenvalue weighted by atomic mass is 16.4. The molecule has 4 heteroatoms. The third kappa shape index (κ3) is 3.08. The molecule has 0 saturated heterocycles. The summed E-state index contributed by atoms with van der Waals surface area (Å²) < 4.78 is 0. The van der Waals surface area contributed by atoms with Gasteiger partial charge in [0.15, 0.2) is 0 Å². The van der Waals surface area contributed by atoms with Crippen molar-refractivity contribution in [2.45, 2.75) is 57.8 Å². The van der Waals surface area contributed by atoms with Gasteiger partial charge in [-0.2, -0.15) is 0 Å². The SMILES string of the molecule is Cc1[nH]c(CC(=O)O)nc1C1CCCCCC1. The minimum absolute atomic E-state index is 0.00639. The van der Waals surface area contributed by atoms with Crippen molar-refractivity contribution in [3.05, 3.63) is 17.2 Å². The first-order valence-electron chi connectivity index (χ1n) is 6.44. The maximum atomic E-state index is 10.7. The van der Waals surface area contributed by atoms with Crippen LogP contribution in [0.25, 0.3) is 0 Å². The summed E-state index contributed by atoms with van der Waals surface area (Å²) in [5.74, 6) is 0.289. The van der Waals surface area contributed by atoms with Crippen LogP contribution in [0.3, 0.4) is 0 Å². The maximum Gasteiger partial charge on any atom is 0.311 e. The van der Waals surface area contributed by atoms with Gasteiger partial charge in [0.1, 0.15) is 12.2 Å². The topological polar surface area (TPSA) is 66.0 Å². The smallest absolute Gasteiger partial charge is 0.311 e. The average molecular weight is 236 g/mol. The Morgan fingerprint density at radius 1 is 1.35 bits per heavy atom. The second-order valence-corrected chi connectivity index (χ2v) is 4.95. The lowest BCUT2D eigenvalue weighted by Gasteiger charge is -2.11. The zero-order chi connectivity index (χ0) is 12.3. The van der Waals surface area contributed by atoms with Crippen molar-refractivity contribution >= 4 is 5.97 Å². The molecule has 1 aliphatic rings. The van der Waals surface area contributed by atoms with Crippen molar-refractivity contribution in [2.75, 3.05) is 0 Å². The normalized spacial score (nSPS) is 17.9. The molecule has 17 heavy (non-hydrogen) atoms. The standard InChI is InChI=1S/C13H20N2O2/c1-9-13(10-6-4-2-3-5-7-10)15-11(14-9)8-12(16)17/h10H,2-8H2,1H3,(H,14,15)(H,16,17). The molecule has 4 nitrogen and oxygen atoms in total. The summed E-state index contributed by atoms with van der Waals surface area (Å²) in [6.07, 6.45) is 7.56. The number of imidazole rings is 1. The second kappa shape index (κ2) is 5.34. The van der Waals surface area contributed by atoms with Gasteiger partial charge in [0.2, 0.25) is 0 Å². The van der Waals surface area contributed by atoms with E-state index in [4.69, 9.17) is 5.11 Å². The van der Waals surface area contributed by atoms with Crippen LogP contribution in [0.1, 0.15) is 61.7 Å². The number of carboxylic acid groups (broad SMARTS) is 1. The quantitative estimate of drug-likeness (QED) is 0.793. The van der Waals surface area contributed by atoms with E-state index >= 15 is 0 Å². The van der Waals surface area contributed by atoms with Crippen LogP contribution in [-0.2, 0) is 11.2 Å². The van der Waals surface area contributed by atoms with Gasteiger partial charge in [0.25, 0.3) is 0 Å². The molecule has 0 radical (unpaired) electrons. The van der Waals surface area contributed by atoms with E-state index in [2.05, 4.69) is 9.97 Å². The van der Waals surface area contributed by atoms with Gasteiger partial charge < -0.3 is 10.1 Å². The molecule has 1 aromatic heterocycles. The summed E-state index contributed by atoms with van der Waals surface area (Å²) in [6.45, 7) is 2.00. The van der Waals surface area contributed by atoms with Crippen molar-refractivity contribution in [3.8, 4) is 0 Å². The van der Waals surface area contributed by atoms with E-state index in [1.54, 1.807) is 0 Å². The Morgan fingerprint density at radius 2 is 2.00 bits per heavy atom. The van der Waals surface area contributed by atoms with E-state index in [9.17, 15) is 4.79 Å². The van der Waals surface area contributed by atoms with Crippen LogP contribution in [0.2, 0.25) is 0 Å². The highest BCUT2D eigenvalue weighted by Crippen LogP contribution is 2.32. The Labute approximate surface area is 101 Å².